The monoisotopic (exact) mass is 1260 g/mol. The van der Waals surface area contributed by atoms with E-state index in [1.165, 1.54) is 94.6 Å². The van der Waals surface area contributed by atoms with Crippen LogP contribution >= 0.6 is 22.7 Å². The lowest BCUT2D eigenvalue weighted by Gasteiger charge is -2.29. The Morgan fingerprint density at radius 1 is 0.177 bits per heavy atom. The molecule has 0 unspecified atom stereocenters. The first-order chi connectivity index (χ1) is 47.5. The van der Waals surface area contributed by atoms with Gasteiger partial charge < -0.3 is 19.6 Å². The van der Waals surface area contributed by atoms with Crippen LogP contribution in [0.3, 0.4) is 0 Å². The normalized spacial score (nSPS) is 11.6. The van der Waals surface area contributed by atoms with Gasteiger partial charge in [0.2, 0.25) is 0 Å². The van der Waals surface area contributed by atoms with Crippen LogP contribution in [0.1, 0.15) is 11.1 Å². The van der Waals surface area contributed by atoms with Crippen molar-refractivity contribution in [2.24, 2.45) is 0 Å². The molecule has 16 aromatic carbocycles. The topological polar surface area (TPSA) is 13.0 Å². The predicted octanol–water partition coefficient (Wildman–Crippen LogP) is 27.2. The highest BCUT2D eigenvalue weighted by Gasteiger charge is 2.27. The second-order valence-electron chi connectivity index (χ2n) is 24.8. The van der Waals surface area contributed by atoms with Gasteiger partial charge in [0.1, 0.15) is 0 Å². The highest BCUT2D eigenvalue weighted by molar-refractivity contribution is 7.28. The van der Waals surface area contributed by atoms with Crippen molar-refractivity contribution < 1.29 is 0 Å². The van der Waals surface area contributed by atoms with Crippen molar-refractivity contribution in [3.63, 3.8) is 0 Å². The van der Waals surface area contributed by atoms with Crippen LogP contribution < -0.4 is 19.6 Å². The molecule has 454 valence electrons. The van der Waals surface area contributed by atoms with Gasteiger partial charge in [0.25, 0.3) is 0 Å². The third-order valence-corrected chi connectivity index (χ3v) is 21.7. The Balaban J connectivity index is 0.765. The van der Waals surface area contributed by atoms with Crippen LogP contribution in [-0.2, 0) is 0 Å². The molecular formula is C90H62N4S2. The molecule has 2 heterocycles. The molecule has 96 heavy (non-hydrogen) atoms. The fraction of sp³-hybridized carbons (Fsp3) is 0.0222. The Labute approximate surface area is 565 Å². The van der Waals surface area contributed by atoms with Crippen LogP contribution in [-0.4, -0.2) is 0 Å². The van der Waals surface area contributed by atoms with Gasteiger partial charge in [0.05, 0.1) is 22.7 Å². The minimum absolute atomic E-state index is 1.08. The van der Waals surface area contributed by atoms with Crippen molar-refractivity contribution in [2.45, 2.75) is 13.8 Å². The van der Waals surface area contributed by atoms with Crippen molar-refractivity contribution in [1.29, 1.82) is 0 Å². The Morgan fingerprint density at radius 3 is 0.771 bits per heavy atom. The number of para-hydroxylation sites is 6. The average Bonchev–Trinajstić information content (AvgIpc) is 1.53. The molecule has 0 saturated heterocycles. The van der Waals surface area contributed by atoms with E-state index in [-0.39, 0.29) is 0 Å². The van der Waals surface area contributed by atoms with E-state index in [2.05, 4.69) is 373 Å². The number of fused-ring (bicyclic) bond motifs is 14. The summed E-state index contributed by atoms with van der Waals surface area (Å²) in [6.07, 6.45) is 0. The number of nitrogens with zero attached hydrogens (tertiary/aromatic N) is 4. The fourth-order valence-electron chi connectivity index (χ4n) is 14.8. The molecule has 18 rings (SSSR count). The summed E-state index contributed by atoms with van der Waals surface area (Å²) >= 11 is 3.82. The minimum atomic E-state index is 1.08. The lowest BCUT2D eigenvalue weighted by molar-refractivity contribution is 1.26. The van der Waals surface area contributed by atoms with Crippen LogP contribution in [0.4, 0.5) is 68.2 Å². The Morgan fingerprint density at radius 2 is 0.438 bits per heavy atom. The van der Waals surface area contributed by atoms with Gasteiger partial charge in [-0.25, -0.2) is 0 Å². The molecule has 2 aromatic heterocycles. The van der Waals surface area contributed by atoms with Crippen molar-refractivity contribution in [3.8, 4) is 11.1 Å². The zero-order chi connectivity index (χ0) is 63.8. The first-order valence-corrected chi connectivity index (χ1v) is 34.4. The third-order valence-electron chi connectivity index (χ3n) is 19.2. The highest BCUT2D eigenvalue weighted by atomic mass is 32.1. The first kappa shape index (κ1) is 56.9. The molecule has 0 aliphatic heterocycles. The minimum Gasteiger partial charge on any atom is -0.310 e. The number of anilines is 12. The van der Waals surface area contributed by atoms with E-state index in [0.29, 0.717) is 0 Å². The van der Waals surface area contributed by atoms with E-state index < -0.39 is 0 Å². The standard InChI is InChI=1S/C90H62N4S2/c1-59-28-18-27-47-81(59)93(66-35-14-6-15-36-66)85-57-79-80-58-86(72-42-22-26-46-76(72)90(80)96-89(79)75-45-25-21-41-71(75)85)94(67-37-16-7-17-38-67)82-53-50-62(54-60(82)2)61-48-51-68(52-49-61)92(65-33-12-5-13-34-65)84-56-78-77-55-83(91(63-29-8-3-9-30-63)64-31-10-4-11-32-64)69-39-19-23-43-73(69)87(77)95-88(78)74-44-24-20-40-70(74)84/h3-58H,1-2H3. The highest BCUT2D eigenvalue weighted by Crippen LogP contribution is 2.54. The SMILES string of the molecule is Cc1ccccc1N(c1ccccc1)c1cc2c3cc(N(c4ccccc4)c4ccc(-c5ccc(N(c6ccccc6)c6cc7c8cc(N(c9ccccc9)c9ccccc9)c9ccccc9c8sc7c7ccccc67)cc5)cc4C)c4ccccc4c3sc2c2ccccc12. The van der Waals surface area contributed by atoms with E-state index in [1.807, 2.05) is 22.7 Å². The smallest absolute Gasteiger partial charge is 0.0547 e. The van der Waals surface area contributed by atoms with Crippen LogP contribution in [0.15, 0.2) is 340 Å². The van der Waals surface area contributed by atoms with Gasteiger partial charge in [-0.15, -0.1) is 22.7 Å². The molecule has 0 bridgehead atoms. The number of thiophene rings is 2. The molecule has 0 spiro atoms. The molecule has 0 N–H and O–H groups in total. The average molecular weight is 1260 g/mol. The summed E-state index contributed by atoms with van der Waals surface area (Å²) in [7, 11) is 0. The fourth-order valence-corrected chi connectivity index (χ4v) is 17.4. The molecule has 4 nitrogen and oxygen atoms in total. The summed E-state index contributed by atoms with van der Waals surface area (Å²) in [5, 5.41) is 14.8. The van der Waals surface area contributed by atoms with Gasteiger partial charge in [-0.1, -0.05) is 224 Å². The third kappa shape index (κ3) is 9.55. The molecule has 0 radical (unpaired) electrons. The predicted molar refractivity (Wildman–Crippen MR) is 416 cm³/mol. The number of hydrogen-bond donors (Lipinski definition) is 0. The second kappa shape index (κ2) is 23.6. The van der Waals surface area contributed by atoms with Gasteiger partial charge in [0, 0.05) is 129 Å². The van der Waals surface area contributed by atoms with Crippen molar-refractivity contribution >= 4 is 174 Å². The summed E-state index contributed by atoms with van der Waals surface area (Å²) in [4.78, 5) is 9.81. The maximum Gasteiger partial charge on any atom is 0.0547 e. The summed E-state index contributed by atoms with van der Waals surface area (Å²) in [5.41, 5.74) is 18.1. The van der Waals surface area contributed by atoms with Crippen LogP contribution in [0.5, 0.6) is 0 Å². The Bertz CT molecular complexity index is 5950. The molecule has 0 amide bonds. The molecule has 0 fully saturated rings. The van der Waals surface area contributed by atoms with Gasteiger partial charge in [-0.2, -0.15) is 0 Å². The van der Waals surface area contributed by atoms with Crippen molar-refractivity contribution in [3.05, 3.63) is 351 Å². The number of rotatable bonds is 13. The van der Waals surface area contributed by atoms with Crippen LogP contribution in [0.2, 0.25) is 0 Å². The molecule has 0 saturated carbocycles. The maximum atomic E-state index is 2.49. The van der Waals surface area contributed by atoms with E-state index >= 15 is 0 Å². The van der Waals surface area contributed by atoms with Crippen LogP contribution in [0.25, 0.3) is 94.6 Å². The Hall–Kier alpha value is -11.8. The van der Waals surface area contributed by atoms with Gasteiger partial charge in [-0.3, -0.25) is 0 Å². The van der Waals surface area contributed by atoms with Crippen molar-refractivity contribution in [2.75, 3.05) is 19.6 Å². The second-order valence-corrected chi connectivity index (χ2v) is 26.9. The van der Waals surface area contributed by atoms with Gasteiger partial charge in [0.15, 0.2) is 0 Å². The summed E-state index contributed by atoms with van der Waals surface area (Å²) in [6.45, 7) is 4.48. The quantitative estimate of drug-likeness (QED) is 0.114. The number of hydrogen-bond acceptors (Lipinski definition) is 6. The zero-order valence-electron chi connectivity index (χ0n) is 52.9. The molecule has 6 heteroatoms. The lowest BCUT2D eigenvalue weighted by Crippen LogP contribution is -2.12. The van der Waals surface area contributed by atoms with Crippen molar-refractivity contribution in [1.82, 2.24) is 0 Å². The van der Waals surface area contributed by atoms with Crippen LogP contribution in [0, 0.1) is 13.8 Å². The Kier molecular flexibility index (Phi) is 14.0. The first-order valence-electron chi connectivity index (χ1n) is 32.8. The van der Waals surface area contributed by atoms with E-state index in [1.54, 1.807) is 0 Å². The molecular weight excluding hydrogens is 1200 g/mol. The van der Waals surface area contributed by atoms with E-state index in [9.17, 15) is 0 Å². The summed E-state index contributed by atoms with van der Waals surface area (Å²) < 4.78 is 5.15. The van der Waals surface area contributed by atoms with Gasteiger partial charge in [-0.05, 0) is 151 Å². The largest absolute Gasteiger partial charge is 0.310 e. The maximum absolute atomic E-state index is 2.49. The van der Waals surface area contributed by atoms with E-state index in [4.69, 9.17) is 0 Å². The zero-order valence-corrected chi connectivity index (χ0v) is 54.6. The van der Waals surface area contributed by atoms with Gasteiger partial charge >= 0.3 is 0 Å². The molecule has 0 aliphatic rings. The molecule has 0 atom stereocenters. The van der Waals surface area contributed by atoms with E-state index in [0.717, 1.165) is 79.4 Å². The molecule has 18 aromatic rings. The summed E-state index contributed by atoms with van der Waals surface area (Å²) in [5.74, 6) is 0. The number of aryl methyl sites for hydroxylation is 2. The molecule has 0 aliphatic carbocycles. The number of benzene rings is 16. The summed E-state index contributed by atoms with van der Waals surface area (Å²) in [6, 6.07) is 125. The lowest BCUT2D eigenvalue weighted by atomic mass is 9.97.